The summed E-state index contributed by atoms with van der Waals surface area (Å²) >= 11 is 3.47. The molecule has 2 N–H and O–H groups in total. The first-order valence-corrected chi connectivity index (χ1v) is 8.32. The van der Waals surface area contributed by atoms with E-state index < -0.39 is 0 Å². The molecule has 2 aromatic rings. The maximum Gasteiger partial charge on any atom is 0.220 e. The number of carbonyl (C=O) groups is 1. The normalized spacial score (nSPS) is 17.7. The van der Waals surface area contributed by atoms with E-state index in [9.17, 15) is 4.79 Å². The largest absolute Gasteiger partial charge is 0.460 e. The Labute approximate surface area is 138 Å². The molecular formula is C17H19BrN2O2. The summed E-state index contributed by atoms with van der Waals surface area (Å²) in [6, 6.07) is 12.1. The summed E-state index contributed by atoms with van der Waals surface area (Å²) in [5.74, 6) is 2.45. The van der Waals surface area contributed by atoms with E-state index in [2.05, 4.69) is 26.6 Å². The zero-order valence-corrected chi connectivity index (χ0v) is 13.9. The molecule has 0 aliphatic carbocycles. The second-order valence-electron chi connectivity index (χ2n) is 5.62. The minimum atomic E-state index is 0.176. The van der Waals surface area contributed by atoms with Gasteiger partial charge in [0, 0.05) is 23.0 Å². The Morgan fingerprint density at radius 2 is 2.23 bits per heavy atom. The van der Waals surface area contributed by atoms with Gasteiger partial charge in [0.2, 0.25) is 5.91 Å². The third-order valence-corrected chi connectivity index (χ3v) is 4.35. The number of benzene rings is 1. The molecule has 1 saturated heterocycles. The third-order valence-electron chi connectivity index (χ3n) is 3.86. The lowest BCUT2D eigenvalue weighted by atomic mass is 10.1. The average molecular weight is 363 g/mol. The molecule has 3 rings (SSSR count). The van der Waals surface area contributed by atoms with Crippen molar-refractivity contribution >= 4 is 21.8 Å². The second kappa shape index (κ2) is 7.11. The fraction of sp³-hybridized carbons (Fsp3) is 0.353. The van der Waals surface area contributed by atoms with Crippen molar-refractivity contribution in [2.24, 2.45) is 5.92 Å². The van der Waals surface area contributed by atoms with Crippen molar-refractivity contribution in [3.8, 4) is 11.3 Å². The Balaban J connectivity index is 1.47. The Hall–Kier alpha value is -1.59. The van der Waals surface area contributed by atoms with Gasteiger partial charge >= 0.3 is 0 Å². The number of halogens is 1. The van der Waals surface area contributed by atoms with Gasteiger partial charge in [-0.1, -0.05) is 28.1 Å². The van der Waals surface area contributed by atoms with Crippen LogP contribution < -0.4 is 10.6 Å². The van der Waals surface area contributed by atoms with Crippen LogP contribution in [0.5, 0.6) is 0 Å². The average Bonchev–Trinajstić information content (AvgIpc) is 3.13. The molecule has 1 fully saturated rings. The molecule has 4 nitrogen and oxygen atoms in total. The molecule has 1 aliphatic rings. The van der Waals surface area contributed by atoms with Gasteiger partial charge in [0.1, 0.15) is 11.5 Å². The Kier molecular flexibility index (Phi) is 4.95. The van der Waals surface area contributed by atoms with Crippen LogP contribution in [0, 0.1) is 5.92 Å². The lowest BCUT2D eigenvalue weighted by Gasteiger charge is -2.07. The van der Waals surface area contributed by atoms with Crippen molar-refractivity contribution in [2.75, 3.05) is 13.1 Å². The van der Waals surface area contributed by atoms with Gasteiger partial charge in [-0.2, -0.15) is 0 Å². The highest BCUT2D eigenvalue weighted by Gasteiger charge is 2.20. The molecule has 1 atom stereocenters. The minimum absolute atomic E-state index is 0.176. The summed E-state index contributed by atoms with van der Waals surface area (Å²) < 4.78 is 6.91. The predicted molar refractivity (Wildman–Crippen MR) is 89.3 cm³/mol. The molecule has 1 aromatic heterocycles. The SMILES string of the molecule is O=C1CC(CCNCc2ccc(-c3cccc(Br)c3)o2)CN1. The zero-order chi connectivity index (χ0) is 15.4. The van der Waals surface area contributed by atoms with E-state index in [1.807, 2.05) is 36.4 Å². The molecule has 5 heteroatoms. The summed E-state index contributed by atoms with van der Waals surface area (Å²) in [5, 5.41) is 6.24. The van der Waals surface area contributed by atoms with Crippen LogP contribution >= 0.6 is 15.9 Å². The van der Waals surface area contributed by atoms with E-state index in [-0.39, 0.29) is 5.91 Å². The molecule has 1 aromatic carbocycles. The molecule has 116 valence electrons. The van der Waals surface area contributed by atoms with E-state index in [0.29, 0.717) is 18.9 Å². The molecule has 0 bridgehead atoms. The topological polar surface area (TPSA) is 54.3 Å². The molecule has 0 spiro atoms. The quantitative estimate of drug-likeness (QED) is 0.775. The van der Waals surface area contributed by atoms with E-state index in [1.165, 1.54) is 0 Å². The van der Waals surface area contributed by atoms with Crippen LogP contribution in [0.3, 0.4) is 0 Å². The maximum absolute atomic E-state index is 11.1. The van der Waals surface area contributed by atoms with Crippen LogP contribution in [0.15, 0.2) is 45.3 Å². The van der Waals surface area contributed by atoms with Gasteiger partial charge in [0.25, 0.3) is 0 Å². The summed E-state index contributed by atoms with van der Waals surface area (Å²) in [4.78, 5) is 11.1. The van der Waals surface area contributed by atoms with Gasteiger partial charge in [-0.25, -0.2) is 0 Å². The highest BCUT2D eigenvalue weighted by molar-refractivity contribution is 9.10. The first-order valence-electron chi connectivity index (χ1n) is 7.53. The summed E-state index contributed by atoms with van der Waals surface area (Å²) in [6.45, 7) is 2.42. The Morgan fingerprint density at radius 3 is 3.00 bits per heavy atom. The first-order chi connectivity index (χ1) is 10.7. The standard InChI is InChI=1S/C17H19BrN2O2/c18-14-3-1-2-13(9-14)16-5-4-15(22-16)11-19-7-6-12-8-17(21)20-10-12/h1-5,9,12,19H,6-8,10-11H2,(H,20,21). The molecule has 1 unspecified atom stereocenters. The van der Waals surface area contributed by atoms with Crippen molar-refractivity contribution in [1.29, 1.82) is 0 Å². The van der Waals surface area contributed by atoms with Crippen LogP contribution in [-0.4, -0.2) is 19.0 Å². The van der Waals surface area contributed by atoms with E-state index in [1.54, 1.807) is 0 Å². The number of amides is 1. The van der Waals surface area contributed by atoms with Crippen LogP contribution in [0.4, 0.5) is 0 Å². The molecule has 0 saturated carbocycles. The number of hydrogen-bond donors (Lipinski definition) is 2. The minimum Gasteiger partial charge on any atom is -0.460 e. The molecule has 1 amide bonds. The van der Waals surface area contributed by atoms with E-state index in [4.69, 9.17) is 4.42 Å². The first kappa shape index (κ1) is 15.3. The van der Waals surface area contributed by atoms with Crippen molar-refractivity contribution in [3.63, 3.8) is 0 Å². The second-order valence-corrected chi connectivity index (χ2v) is 6.53. The smallest absolute Gasteiger partial charge is 0.220 e. The predicted octanol–water partition coefficient (Wildman–Crippen LogP) is 3.32. The molecule has 22 heavy (non-hydrogen) atoms. The molecular weight excluding hydrogens is 344 g/mol. The van der Waals surface area contributed by atoms with Gasteiger partial charge in [-0.05, 0) is 43.1 Å². The molecule has 0 radical (unpaired) electrons. The summed E-state index contributed by atoms with van der Waals surface area (Å²) in [6.07, 6.45) is 1.67. The van der Waals surface area contributed by atoms with Crippen LogP contribution in [0.1, 0.15) is 18.6 Å². The monoisotopic (exact) mass is 362 g/mol. The van der Waals surface area contributed by atoms with E-state index >= 15 is 0 Å². The molecule has 2 heterocycles. The van der Waals surface area contributed by atoms with E-state index in [0.717, 1.165) is 41.1 Å². The van der Waals surface area contributed by atoms with Gasteiger partial charge in [-0.15, -0.1) is 0 Å². The Morgan fingerprint density at radius 1 is 1.32 bits per heavy atom. The highest BCUT2D eigenvalue weighted by Crippen LogP contribution is 2.25. The zero-order valence-electron chi connectivity index (χ0n) is 12.3. The number of furan rings is 1. The van der Waals surface area contributed by atoms with Crippen molar-refractivity contribution in [2.45, 2.75) is 19.4 Å². The van der Waals surface area contributed by atoms with Crippen molar-refractivity contribution in [3.05, 3.63) is 46.6 Å². The highest BCUT2D eigenvalue weighted by atomic mass is 79.9. The van der Waals surface area contributed by atoms with Crippen LogP contribution in [0.2, 0.25) is 0 Å². The number of nitrogens with one attached hydrogen (secondary N) is 2. The fourth-order valence-electron chi connectivity index (χ4n) is 2.66. The number of carbonyl (C=O) groups excluding carboxylic acids is 1. The summed E-state index contributed by atoms with van der Waals surface area (Å²) in [5.41, 5.74) is 1.07. The van der Waals surface area contributed by atoms with Gasteiger partial charge in [0.05, 0.1) is 6.54 Å². The number of rotatable bonds is 6. The van der Waals surface area contributed by atoms with Gasteiger partial charge in [-0.3, -0.25) is 4.79 Å². The molecule has 1 aliphatic heterocycles. The van der Waals surface area contributed by atoms with Crippen molar-refractivity contribution in [1.82, 2.24) is 10.6 Å². The Bertz CT molecular complexity index is 654. The third kappa shape index (κ3) is 3.99. The van der Waals surface area contributed by atoms with Crippen LogP contribution in [0.25, 0.3) is 11.3 Å². The number of hydrogen-bond acceptors (Lipinski definition) is 3. The maximum atomic E-state index is 11.1. The fourth-order valence-corrected chi connectivity index (χ4v) is 3.06. The van der Waals surface area contributed by atoms with Gasteiger partial charge < -0.3 is 15.1 Å². The summed E-state index contributed by atoms with van der Waals surface area (Å²) in [7, 11) is 0. The van der Waals surface area contributed by atoms with Crippen molar-refractivity contribution < 1.29 is 9.21 Å². The lowest BCUT2D eigenvalue weighted by Crippen LogP contribution is -2.19. The van der Waals surface area contributed by atoms with Gasteiger partial charge in [0.15, 0.2) is 0 Å². The lowest BCUT2D eigenvalue weighted by molar-refractivity contribution is -0.119. The van der Waals surface area contributed by atoms with Crippen LogP contribution in [-0.2, 0) is 11.3 Å².